The molecule has 0 unspecified atom stereocenters. The summed E-state index contributed by atoms with van der Waals surface area (Å²) in [7, 11) is 0. The summed E-state index contributed by atoms with van der Waals surface area (Å²) in [5.41, 5.74) is 2.15. The molecule has 0 aromatic heterocycles. The van der Waals surface area contributed by atoms with Gasteiger partial charge in [0.05, 0.1) is 31.0 Å². The third kappa shape index (κ3) is 5.24. The Morgan fingerprint density at radius 1 is 1.11 bits per heavy atom. The Morgan fingerprint density at radius 3 is 2.49 bits per heavy atom. The molecule has 0 aliphatic carbocycles. The zero-order chi connectivity index (χ0) is 25.1. The molecule has 2 aromatic rings. The molecule has 1 atom stereocenters. The minimum Gasteiger partial charge on any atom is -0.442 e. The van der Waals surface area contributed by atoms with Gasteiger partial charge in [0.2, 0.25) is 5.91 Å². The van der Waals surface area contributed by atoms with Crippen LogP contribution in [-0.2, 0) is 9.53 Å². The second-order valence-electron chi connectivity index (χ2n) is 8.37. The van der Waals surface area contributed by atoms with Crippen LogP contribution in [0, 0.1) is 24.0 Å². The van der Waals surface area contributed by atoms with Gasteiger partial charge in [-0.2, -0.15) is 0 Å². The molecule has 2 fully saturated rings. The van der Waals surface area contributed by atoms with Crippen molar-refractivity contribution in [3.63, 3.8) is 0 Å². The molecule has 2 heterocycles. The van der Waals surface area contributed by atoms with Gasteiger partial charge in [0.15, 0.2) is 17.3 Å². The Kier molecular flexibility index (Phi) is 6.96. The number of amides is 2. The Balaban J connectivity index is 1.44. The molecule has 2 aliphatic rings. The summed E-state index contributed by atoms with van der Waals surface area (Å²) >= 11 is 0. The number of hydrogen-bond acceptors (Lipinski definition) is 4. The van der Waals surface area contributed by atoms with E-state index in [9.17, 15) is 18.4 Å². The van der Waals surface area contributed by atoms with E-state index in [2.05, 4.69) is 10.2 Å². The fourth-order valence-corrected chi connectivity index (χ4v) is 4.26. The number of halogens is 3. The number of hydrogen-bond donors (Lipinski definition) is 1. The van der Waals surface area contributed by atoms with E-state index >= 15 is 4.39 Å². The Morgan fingerprint density at radius 2 is 1.86 bits per heavy atom. The van der Waals surface area contributed by atoms with Gasteiger partial charge >= 0.3 is 6.09 Å². The third-order valence-corrected chi connectivity index (χ3v) is 6.04. The summed E-state index contributed by atoms with van der Waals surface area (Å²) < 4.78 is 47.1. The van der Waals surface area contributed by atoms with Crippen molar-refractivity contribution in [3.8, 4) is 0 Å². The van der Waals surface area contributed by atoms with Crippen LogP contribution in [0.1, 0.15) is 25.3 Å². The first-order valence-electron chi connectivity index (χ1n) is 11.1. The van der Waals surface area contributed by atoms with Crippen molar-refractivity contribution in [3.05, 3.63) is 76.4 Å². The zero-order valence-electron chi connectivity index (χ0n) is 19.0. The average molecular weight is 484 g/mol. The highest BCUT2D eigenvalue weighted by molar-refractivity contribution is 5.90. The molecule has 7 nitrogen and oxygen atoms in total. The lowest BCUT2D eigenvalue weighted by Crippen LogP contribution is -2.33. The maximum absolute atomic E-state index is 15.0. The smallest absolute Gasteiger partial charge is 0.414 e. The van der Waals surface area contributed by atoms with Gasteiger partial charge < -0.3 is 15.0 Å². The summed E-state index contributed by atoms with van der Waals surface area (Å²) in [6, 6.07) is 7.91. The van der Waals surface area contributed by atoms with E-state index in [4.69, 9.17) is 11.3 Å². The van der Waals surface area contributed by atoms with Gasteiger partial charge in [-0.1, -0.05) is 11.6 Å². The predicted octanol–water partition coefficient (Wildman–Crippen LogP) is 4.50. The Labute approximate surface area is 200 Å². The molecule has 182 valence electrons. The first kappa shape index (κ1) is 24.1. The summed E-state index contributed by atoms with van der Waals surface area (Å²) in [6.45, 7) is 10.1. The highest BCUT2D eigenvalue weighted by Crippen LogP contribution is 2.33. The van der Waals surface area contributed by atoms with Crippen molar-refractivity contribution in [2.24, 2.45) is 0 Å². The number of nitrogens with one attached hydrogen (secondary N) is 1. The highest BCUT2D eigenvalue weighted by Gasteiger charge is 2.33. The molecule has 0 saturated carbocycles. The molecule has 0 spiro atoms. The van der Waals surface area contributed by atoms with E-state index in [0.717, 1.165) is 17.7 Å². The zero-order valence-corrected chi connectivity index (χ0v) is 19.0. The second kappa shape index (κ2) is 10.1. The van der Waals surface area contributed by atoms with E-state index in [-0.39, 0.29) is 19.0 Å². The van der Waals surface area contributed by atoms with Crippen molar-refractivity contribution in [2.75, 3.05) is 36.0 Å². The maximum atomic E-state index is 15.0. The van der Waals surface area contributed by atoms with Crippen molar-refractivity contribution in [1.29, 1.82) is 0 Å². The molecular formula is C25H23F3N4O3. The Hall–Kier alpha value is -4.00. The van der Waals surface area contributed by atoms with Gasteiger partial charge in [0.25, 0.3) is 0 Å². The summed E-state index contributed by atoms with van der Waals surface area (Å²) in [5, 5.41) is 2.59. The molecule has 2 amide bonds. The molecule has 0 radical (unpaired) electrons. The quantitative estimate of drug-likeness (QED) is 0.635. The van der Waals surface area contributed by atoms with E-state index in [1.807, 2.05) is 4.90 Å². The van der Waals surface area contributed by atoms with Crippen LogP contribution in [0.2, 0.25) is 0 Å². The number of cyclic esters (lactones) is 1. The number of rotatable bonds is 5. The van der Waals surface area contributed by atoms with Gasteiger partial charge in [-0.3, -0.25) is 9.69 Å². The fraction of sp³-hybridized carbons (Fsp3) is 0.320. The Bertz CT molecular complexity index is 1230. The van der Waals surface area contributed by atoms with Crippen LogP contribution in [-0.4, -0.2) is 44.3 Å². The standard InChI is InChI=1S/C25H23F3N4O3/c1-15(33)30-13-19-14-32(25(34)35-19)18-4-6-23(22(28)12-18)31-9-7-16(8-10-31)24(29-2)17-3-5-20(26)21(27)11-17/h3-6,11-12,19H,7-10,13-14H2,1H3,(H,30,33)/t19-/m0/s1. The van der Waals surface area contributed by atoms with Crippen molar-refractivity contribution >= 4 is 29.1 Å². The molecule has 10 heteroatoms. The van der Waals surface area contributed by atoms with Crippen LogP contribution in [0.15, 0.2) is 42.0 Å². The lowest BCUT2D eigenvalue weighted by atomic mass is 9.97. The van der Waals surface area contributed by atoms with Crippen LogP contribution >= 0.6 is 0 Å². The molecule has 35 heavy (non-hydrogen) atoms. The lowest BCUT2D eigenvalue weighted by Gasteiger charge is -2.31. The van der Waals surface area contributed by atoms with E-state index in [1.54, 1.807) is 12.1 Å². The number of nitrogens with zero attached hydrogens (tertiary/aromatic N) is 3. The third-order valence-electron chi connectivity index (χ3n) is 6.04. The fourth-order valence-electron chi connectivity index (χ4n) is 4.26. The normalized spacial score (nSPS) is 17.7. The maximum Gasteiger partial charge on any atom is 0.414 e. The summed E-state index contributed by atoms with van der Waals surface area (Å²) in [4.78, 5) is 30.0. The summed E-state index contributed by atoms with van der Waals surface area (Å²) in [5.74, 6) is -2.71. The number of carbonyl (C=O) groups is 2. The second-order valence-corrected chi connectivity index (χ2v) is 8.37. The van der Waals surface area contributed by atoms with Crippen molar-refractivity contribution in [2.45, 2.75) is 25.9 Å². The molecule has 2 saturated heterocycles. The van der Waals surface area contributed by atoms with Crippen LogP contribution in [0.3, 0.4) is 0 Å². The van der Waals surface area contributed by atoms with Crippen LogP contribution in [0.25, 0.3) is 10.5 Å². The molecule has 2 aromatic carbocycles. The number of benzene rings is 2. The number of ether oxygens (including phenoxy) is 1. The van der Waals surface area contributed by atoms with E-state index in [1.165, 1.54) is 24.0 Å². The van der Waals surface area contributed by atoms with E-state index < -0.39 is 29.6 Å². The summed E-state index contributed by atoms with van der Waals surface area (Å²) in [6.07, 6.45) is -0.181. The largest absolute Gasteiger partial charge is 0.442 e. The lowest BCUT2D eigenvalue weighted by molar-refractivity contribution is -0.119. The minimum absolute atomic E-state index is 0.179. The van der Waals surface area contributed by atoms with Gasteiger partial charge in [0, 0.05) is 20.0 Å². The highest BCUT2D eigenvalue weighted by atomic mass is 19.2. The molecule has 2 aliphatic heterocycles. The predicted molar refractivity (Wildman–Crippen MR) is 124 cm³/mol. The van der Waals surface area contributed by atoms with Crippen molar-refractivity contribution in [1.82, 2.24) is 5.32 Å². The van der Waals surface area contributed by atoms with Crippen molar-refractivity contribution < 1.29 is 27.5 Å². The molecule has 0 bridgehead atoms. The SMILES string of the molecule is [C-]#[N+]C(=C1CCN(c2ccc(N3C[C@H](CNC(C)=O)OC3=O)cc2F)CC1)c1ccc(F)c(F)c1. The molecule has 4 rings (SSSR count). The minimum atomic E-state index is -1.01. The van der Waals surface area contributed by atoms with Crippen LogP contribution < -0.4 is 15.1 Å². The molecule has 1 N–H and O–H groups in total. The first-order chi connectivity index (χ1) is 16.8. The van der Waals surface area contributed by atoms with Crippen LogP contribution in [0.4, 0.5) is 29.3 Å². The monoisotopic (exact) mass is 484 g/mol. The van der Waals surface area contributed by atoms with Gasteiger partial charge in [-0.05, 0) is 48.7 Å². The number of anilines is 2. The van der Waals surface area contributed by atoms with Gasteiger partial charge in [-0.25, -0.2) is 22.8 Å². The first-order valence-corrected chi connectivity index (χ1v) is 11.1. The average Bonchev–Trinajstić information content (AvgIpc) is 3.21. The van der Waals surface area contributed by atoms with E-state index in [0.29, 0.717) is 48.6 Å². The van der Waals surface area contributed by atoms with Gasteiger partial charge in [-0.15, -0.1) is 0 Å². The number of carbonyl (C=O) groups excluding carboxylic acids is 2. The number of piperidine rings is 1. The topological polar surface area (TPSA) is 66.2 Å². The molecular weight excluding hydrogens is 461 g/mol. The van der Waals surface area contributed by atoms with Crippen LogP contribution in [0.5, 0.6) is 0 Å². The van der Waals surface area contributed by atoms with Gasteiger partial charge in [0.1, 0.15) is 11.9 Å².